The number of nitrogens with one attached hydrogen (secondary N) is 2. The molecule has 4 heteroatoms. The minimum atomic E-state index is -0.265. The second kappa shape index (κ2) is 8.73. The lowest BCUT2D eigenvalue weighted by molar-refractivity contribution is -0.129. The molecule has 0 saturated heterocycles. The Morgan fingerprint density at radius 1 is 0.913 bits per heavy atom. The van der Waals surface area contributed by atoms with E-state index in [4.69, 9.17) is 0 Å². The Labute approximate surface area is 136 Å². The Hall–Kier alpha value is -2.62. The zero-order valence-corrected chi connectivity index (χ0v) is 13.3. The summed E-state index contributed by atoms with van der Waals surface area (Å²) in [5.41, 5.74) is 2.18. The molecule has 1 atom stereocenters. The third-order valence-corrected chi connectivity index (χ3v) is 3.58. The summed E-state index contributed by atoms with van der Waals surface area (Å²) in [4.78, 5) is 23.7. The number of rotatable bonds is 7. The van der Waals surface area contributed by atoms with Crippen molar-refractivity contribution in [3.63, 3.8) is 0 Å². The summed E-state index contributed by atoms with van der Waals surface area (Å²) < 4.78 is 0. The highest BCUT2D eigenvalue weighted by atomic mass is 16.2. The molecule has 0 radical (unpaired) electrons. The number of carbonyl (C=O) groups is 2. The summed E-state index contributed by atoms with van der Waals surface area (Å²) in [5.74, 6) is -0.516. The van der Waals surface area contributed by atoms with Gasteiger partial charge in [0.05, 0.1) is 6.04 Å². The van der Waals surface area contributed by atoms with Crippen LogP contribution in [0, 0.1) is 0 Å². The second-order valence-electron chi connectivity index (χ2n) is 5.46. The molecule has 2 aromatic carbocycles. The van der Waals surface area contributed by atoms with Crippen molar-refractivity contribution in [2.75, 3.05) is 6.54 Å². The number of benzene rings is 2. The van der Waals surface area contributed by atoms with Crippen molar-refractivity contribution in [1.29, 1.82) is 0 Å². The third kappa shape index (κ3) is 5.94. The molecule has 0 aromatic heterocycles. The fraction of sp³-hybridized carbons (Fsp3) is 0.263. The van der Waals surface area contributed by atoms with Crippen molar-refractivity contribution in [2.24, 2.45) is 0 Å². The van der Waals surface area contributed by atoms with Crippen LogP contribution in [0.25, 0.3) is 0 Å². The number of hydrogen-bond acceptors (Lipinski definition) is 2. The lowest BCUT2D eigenvalue weighted by atomic mass is 10.1. The topological polar surface area (TPSA) is 58.2 Å². The zero-order chi connectivity index (χ0) is 16.5. The van der Waals surface area contributed by atoms with Gasteiger partial charge in [0.15, 0.2) is 0 Å². The van der Waals surface area contributed by atoms with Crippen molar-refractivity contribution in [3.05, 3.63) is 71.8 Å². The van der Waals surface area contributed by atoms with Crippen LogP contribution in [-0.2, 0) is 16.0 Å². The van der Waals surface area contributed by atoms with E-state index >= 15 is 0 Å². The lowest BCUT2D eigenvalue weighted by Gasteiger charge is -2.14. The molecule has 2 rings (SSSR count). The largest absolute Gasteiger partial charge is 0.355 e. The van der Waals surface area contributed by atoms with Gasteiger partial charge in [-0.2, -0.15) is 0 Å². The molecule has 0 saturated carbocycles. The number of hydrogen-bond donors (Lipinski definition) is 2. The Kier molecular flexibility index (Phi) is 6.36. The summed E-state index contributed by atoms with van der Waals surface area (Å²) in [6, 6.07) is 19.5. The average molecular weight is 310 g/mol. The Bertz CT molecular complexity index is 626. The fourth-order valence-electron chi connectivity index (χ4n) is 2.32. The molecule has 0 aliphatic rings. The Balaban J connectivity index is 1.69. The van der Waals surface area contributed by atoms with E-state index in [1.54, 1.807) is 0 Å². The highest BCUT2D eigenvalue weighted by Crippen LogP contribution is 2.10. The fourth-order valence-corrected chi connectivity index (χ4v) is 2.32. The molecule has 0 aliphatic heterocycles. The van der Waals surface area contributed by atoms with E-state index in [-0.39, 0.29) is 24.3 Å². The molecule has 0 spiro atoms. The van der Waals surface area contributed by atoms with Gasteiger partial charge in [-0.1, -0.05) is 60.7 Å². The van der Waals surface area contributed by atoms with Crippen LogP contribution in [0.4, 0.5) is 0 Å². The molecule has 0 heterocycles. The van der Waals surface area contributed by atoms with Gasteiger partial charge in [-0.25, -0.2) is 0 Å². The van der Waals surface area contributed by atoms with E-state index in [0.29, 0.717) is 6.54 Å². The lowest BCUT2D eigenvalue weighted by Crippen LogP contribution is -2.34. The molecule has 1 unspecified atom stereocenters. The van der Waals surface area contributed by atoms with Gasteiger partial charge in [-0.15, -0.1) is 0 Å². The van der Waals surface area contributed by atoms with Crippen molar-refractivity contribution < 1.29 is 9.59 Å². The maximum atomic E-state index is 11.9. The van der Waals surface area contributed by atoms with Crippen LogP contribution >= 0.6 is 0 Å². The van der Waals surface area contributed by atoms with Gasteiger partial charge in [0, 0.05) is 6.54 Å². The minimum absolute atomic E-state index is 0.110. The van der Waals surface area contributed by atoms with Crippen LogP contribution in [0.2, 0.25) is 0 Å². The maximum Gasteiger partial charge on any atom is 0.229 e. The van der Waals surface area contributed by atoms with Gasteiger partial charge in [0.1, 0.15) is 6.42 Å². The third-order valence-electron chi connectivity index (χ3n) is 3.58. The zero-order valence-electron chi connectivity index (χ0n) is 13.3. The van der Waals surface area contributed by atoms with E-state index in [1.165, 1.54) is 0 Å². The van der Waals surface area contributed by atoms with Gasteiger partial charge in [-0.3, -0.25) is 9.59 Å². The molecule has 0 aliphatic carbocycles. The van der Waals surface area contributed by atoms with E-state index in [9.17, 15) is 9.59 Å². The van der Waals surface area contributed by atoms with Crippen LogP contribution in [0.5, 0.6) is 0 Å². The van der Waals surface area contributed by atoms with Crippen LogP contribution in [0.15, 0.2) is 60.7 Å². The number of carbonyl (C=O) groups excluding carboxylic acids is 2. The number of amides is 2. The van der Waals surface area contributed by atoms with Crippen molar-refractivity contribution >= 4 is 11.8 Å². The van der Waals surface area contributed by atoms with Gasteiger partial charge >= 0.3 is 0 Å². The Morgan fingerprint density at radius 2 is 1.52 bits per heavy atom. The highest BCUT2D eigenvalue weighted by Gasteiger charge is 2.12. The summed E-state index contributed by atoms with van der Waals surface area (Å²) in [7, 11) is 0. The predicted octanol–water partition coefficient (Wildman–Crippen LogP) is 2.61. The molecule has 23 heavy (non-hydrogen) atoms. The van der Waals surface area contributed by atoms with Crippen LogP contribution in [0.1, 0.15) is 30.5 Å². The smallest absolute Gasteiger partial charge is 0.229 e. The second-order valence-corrected chi connectivity index (χ2v) is 5.46. The summed E-state index contributed by atoms with van der Waals surface area (Å²) >= 11 is 0. The molecule has 2 aromatic rings. The van der Waals surface area contributed by atoms with Gasteiger partial charge < -0.3 is 10.6 Å². The molecule has 2 N–H and O–H groups in total. The van der Waals surface area contributed by atoms with Crippen molar-refractivity contribution in [2.45, 2.75) is 25.8 Å². The first-order valence-electron chi connectivity index (χ1n) is 7.80. The molecule has 2 amide bonds. The minimum Gasteiger partial charge on any atom is -0.355 e. The first-order chi connectivity index (χ1) is 11.1. The van der Waals surface area contributed by atoms with E-state index in [0.717, 1.165) is 17.5 Å². The first kappa shape index (κ1) is 16.7. The highest BCUT2D eigenvalue weighted by molar-refractivity contribution is 5.96. The molecule has 0 bridgehead atoms. The molecular formula is C19H22N2O2. The van der Waals surface area contributed by atoms with Crippen LogP contribution in [-0.4, -0.2) is 18.4 Å². The standard InChI is InChI=1S/C19H22N2O2/c1-15(17-10-6-3-7-11-17)21-19(23)14-18(22)20-13-12-16-8-4-2-5-9-16/h2-11,15H,12-14H2,1H3,(H,20,22)(H,21,23). The summed E-state index contributed by atoms with van der Waals surface area (Å²) in [5, 5.41) is 5.61. The monoisotopic (exact) mass is 310 g/mol. The maximum absolute atomic E-state index is 11.9. The van der Waals surface area contributed by atoms with Crippen molar-refractivity contribution in [1.82, 2.24) is 10.6 Å². The molecule has 120 valence electrons. The first-order valence-corrected chi connectivity index (χ1v) is 7.80. The van der Waals surface area contributed by atoms with Gasteiger partial charge in [-0.05, 0) is 24.5 Å². The van der Waals surface area contributed by atoms with E-state index < -0.39 is 0 Å². The van der Waals surface area contributed by atoms with E-state index in [2.05, 4.69) is 10.6 Å². The van der Waals surface area contributed by atoms with Crippen molar-refractivity contribution in [3.8, 4) is 0 Å². The van der Waals surface area contributed by atoms with Crippen LogP contribution in [0.3, 0.4) is 0 Å². The SMILES string of the molecule is CC(NC(=O)CC(=O)NCCc1ccccc1)c1ccccc1. The molecule has 4 nitrogen and oxygen atoms in total. The molecular weight excluding hydrogens is 288 g/mol. The normalized spacial score (nSPS) is 11.5. The Morgan fingerprint density at radius 3 is 2.17 bits per heavy atom. The quantitative estimate of drug-likeness (QED) is 0.772. The summed E-state index contributed by atoms with van der Waals surface area (Å²) in [6.07, 6.45) is 0.612. The average Bonchev–Trinajstić information content (AvgIpc) is 2.56. The predicted molar refractivity (Wildman–Crippen MR) is 90.8 cm³/mol. The van der Waals surface area contributed by atoms with Gasteiger partial charge in [0.2, 0.25) is 11.8 Å². The summed E-state index contributed by atoms with van der Waals surface area (Å²) in [6.45, 7) is 2.44. The molecule has 0 fully saturated rings. The van der Waals surface area contributed by atoms with Crippen LogP contribution < -0.4 is 10.6 Å². The van der Waals surface area contributed by atoms with Gasteiger partial charge in [0.25, 0.3) is 0 Å². The van der Waals surface area contributed by atoms with E-state index in [1.807, 2.05) is 67.6 Å².